The molecule has 0 spiro atoms. The molecule has 3 aliphatic heterocycles. The Balaban J connectivity index is 1.43. The number of benzene rings is 3. The summed E-state index contributed by atoms with van der Waals surface area (Å²) in [6.07, 6.45) is 4.67. The second-order valence-electron chi connectivity index (χ2n) is 13.8. The van der Waals surface area contributed by atoms with Crippen molar-refractivity contribution in [3.63, 3.8) is 0 Å². The van der Waals surface area contributed by atoms with Crippen molar-refractivity contribution in [2.24, 2.45) is 11.8 Å². The van der Waals surface area contributed by atoms with Gasteiger partial charge in [0.2, 0.25) is 0 Å². The third-order valence-electron chi connectivity index (χ3n) is 9.63. The van der Waals surface area contributed by atoms with Crippen molar-refractivity contribution in [1.29, 1.82) is 0 Å². The maximum Gasteiger partial charge on any atom is 0.408 e. The average Bonchev–Trinajstić information content (AvgIpc) is 3.06. The molecule has 6 atom stereocenters. The number of amides is 1. The Morgan fingerprint density at radius 3 is 2.41 bits per heavy atom. The Morgan fingerprint density at radius 1 is 1.00 bits per heavy atom. The molecule has 0 saturated carbocycles. The van der Waals surface area contributed by atoms with Gasteiger partial charge in [0.05, 0.1) is 18.6 Å². The SMILES string of the molecule is C=C[C@H]1C[N+]2(Cc3ccccc3)CC[C@H]1C[C@@H]2[C@@H](OC(=O)[C@H](NC(=O)OC(C)(C)C)c1ccccc1)c1ccnc2ccccc12. The van der Waals surface area contributed by atoms with E-state index in [0.29, 0.717) is 17.4 Å². The first-order valence-electron chi connectivity index (χ1n) is 16.3. The summed E-state index contributed by atoms with van der Waals surface area (Å²) < 4.78 is 13.1. The van der Waals surface area contributed by atoms with E-state index in [9.17, 15) is 9.59 Å². The van der Waals surface area contributed by atoms with Gasteiger partial charge in [0.15, 0.2) is 12.1 Å². The van der Waals surface area contributed by atoms with Gasteiger partial charge < -0.3 is 19.3 Å². The van der Waals surface area contributed by atoms with Crippen LogP contribution in [0.5, 0.6) is 0 Å². The van der Waals surface area contributed by atoms with E-state index in [-0.39, 0.29) is 6.04 Å². The topological polar surface area (TPSA) is 77.5 Å². The van der Waals surface area contributed by atoms with Crippen LogP contribution in [0.3, 0.4) is 0 Å². The highest BCUT2D eigenvalue weighted by Crippen LogP contribution is 2.49. The number of ether oxygens (including phenoxy) is 2. The fraction of sp³-hybridized carbons (Fsp3) is 0.359. The first-order valence-corrected chi connectivity index (χ1v) is 16.3. The van der Waals surface area contributed by atoms with Gasteiger partial charge in [-0.2, -0.15) is 0 Å². The fourth-order valence-corrected chi connectivity index (χ4v) is 7.57. The lowest BCUT2D eigenvalue weighted by Crippen LogP contribution is -2.67. The lowest BCUT2D eigenvalue weighted by atomic mass is 9.71. The molecule has 7 rings (SSSR count). The molecule has 1 aromatic heterocycles. The molecule has 46 heavy (non-hydrogen) atoms. The van der Waals surface area contributed by atoms with Crippen molar-refractivity contribution in [1.82, 2.24) is 10.3 Å². The normalized spacial score (nSPS) is 23.7. The van der Waals surface area contributed by atoms with Crippen molar-refractivity contribution >= 4 is 23.0 Å². The van der Waals surface area contributed by atoms with Crippen molar-refractivity contribution in [3.05, 3.63) is 127 Å². The minimum absolute atomic E-state index is 0.0112. The average molecular weight is 619 g/mol. The molecule has 3 fully saturated rings. The molecule has 0 radical (unpaired) electrons. The van der Waals surface area contributed by atoms with Crippen molar-refractivity contribution in [3.8, 4) is 0 Å². The number of pyridine rings is 1. The van der Waals surface area contributed by atoms with Gasteiger partial charge in [0.1, 0.15) is 18.2 Å². The van der Waals surface area contributed by atoms with Crippen molar-refractivity contribution < 1.29 is 23.5 Å². The first-order chi connectivity index (χ1) is 22.2. The summed E-state index contributed by atoms with van der Waals surface area (Å²) in [7, 11) is 0. The van der Waals surface area contributed by atoms with Crippen LogP contribution in [0.4, 0.5) is 4.79 Å². The monoisotopic (exact) mass is 618 g/mol. The molecule has 2 bridgehead atoms. The maximum absolute atomic E-state index is 14.5. The number of alkyl carbamates (subject to hydrolysis) is 1. The number of esters is 1. The van der Waals surface area contributed by atoms with Gasteiger partial charge in [0, 0.05) is 41.5 Å². The highest BCUT2D eigenvalue weighted by molar-refractivity contribution is 5.85. The molecule has 3 aromatic carbocycles. The van der Waals surface area contributed by atoms with Crippen LogP contribution in [-0.2, 0) is 20.8 Å². The number of fused-ring (bicyclic) bond motifs is 4. The van der Waals surface area contributed by atoms with Crippen LogP contribution in [0.1, 0.15) is 62.4 Å². The standard InChI is InChI=1S/C39H43N3O4/c1-5-28-26-42(25-27-14-8-6-9-15-27)23-21-30(28)24-34(42)36(32-20-22-40-33-19-13-12-18-31(32)33)45-37(43)35(29-16-10-7-11-17-29)41-38(44)46-39(2,3)4/h5-20,22,28,30,34-36H,1,21,23-26H2,2-4H3/p+1/t28-,30-,34+,35+,36-,42?/m0/s1. The molecule has 1 amide bonds. The van der Waals surface area contributed by atoms with E-state index in [1.807, 2.05) is 60.7 Å². The van der Waals surface area contributed by atoms with Gasteiger partial charge in [-0.3, -0.25) is 4.98 Å². The molecule has 238 valence electrons. The number of aromatic nitrogens is 1. The predicted molar refractivity (Wildman–Crippen MR) is 179 cm³/mol. The Kier molecular flexibility index (Phi) is 8.96. The Hall–Kier alpha value is -4.49. The summed E-state index contributed by atoms with van der Waals surface area (Å²) >= 11 is 0. The number of para-hydroxylation sites is 1. The lowest BCUT2D eigenvalue weighted by molar-refractivity contribution is -0.984. The van der Waals surface area contributed by atoms with Crippen molar-refractivity contribution in [2.45, 2.75) is 63.9 Å². The molecule has 7 heteroatoms. The van der Waals surface area contributed by atoms with Crippen LogP contribution in [0, 0.1) is 11.8 Å². The lowest BCUT2D eigenvalue weighted by Gasteiger charge is -2.58. The molecule has 1 N–H and O–H groups in total. The first kappa shape index (κ1) is 31.5. The van der Waals surface area contributed by atoms with Gasteiger partial charge in [-0.25, -0.2) is 9.59 Å². The molecule has 1 unspecified atom stereocenters. The number of nitrogens with one attached hydrogen (secondary N) is 1. The summed E-state index contributed by atoms with van der Waals surface area (Å²) in [4.78, 5) is 32.1. The Morgan fingerprint density at radius 2 is 1.70 bits per heavy atom. The van der Waals surface area contributed by atoms with Crippen LogP contribution in [0.2, 0.25) is 0 Å². The molecule has 4 aromatic rings. The number of nitrogens with zero attached hydrogens (tertiary/aromatic N) is 2. The van der Waals surface area contributed by atoms with E-state index in [4.69, 9.17) is 9.47 Å². The molecular formula is C39H44N3O4+. The minimum Gasteiger partial charge on any atom is -0.449 e. The van der Waals surface area contributed by atoms with E-state index >= 15 is 0 Å². The quantitative estimate of drug-likeness (QED) is 0.118. The molecule has 7 nitrogen and oxygen atoms in total. The summed E-state index contributed by atoms with van der Waals surface area (Å²) in [6.45, 7) is 12.4. The van der Waals surface area contributed by atoms with Gasteiger partial charge in [-0.1, -0.05) is 84.9 Å². The maximum atomic E-state index is 14.5. The van der Waals surface area contributed by atoms with E-state index in [1.54, 1.807) is 27.0 Å². The Labute approximate surface area is 271 Å². The van der Waals surface area contributed by atoms with Gasteiger partial charge >= 0.3 is 12.1 Å². The minimum atomic E-state index is -1.05. The molecule has 0 aliphatic carbocycles. The number of carbonyl (C=O) groups excluding carboxylic acids is 2. The number of quaternary nitrogens is 1. The Bertz CT molecular complexity index is 1680. The third-order valence-corrected chi connectivity index (χ3v) is 9.63. The number of hydrogen-bond donors (Lipinski definition) is 1. The van der Waals surface area contributed by atoms with Crippen LogP contribution in [-0.4, -0.2) is 46.3 Å². The van der Waals surface area contributed by atoms with Gasteiger partial charge in [-0.15, -0.1) is 6.58 Å². The second-order valence-corrected chi connectivity index (χ2v) is 13.8. The fourth-order valence-electron chi connectivity index (χ4n) is 7.57. The molecule has 3 saturated heterocycles. The smallest absolute Gasteiger partial charge is 0.408 e. The van der Waals surface area contributed by atoms with Gasteiger partial charge in [0.25, 0.3) is 0 Å². The highest BCUT2D eigenvalue weighted by atomic mass is 16.6. The van der Waals surface area contributed by atoms with Crippen LogP contribution in [0.25, 0.3) is 10.9 Å². The predicted octanol–water partition coefficient (Wildman–Crippen LogP) is 7.70. The zero-order chi connectivity index (χ0) is 32.3. The van der Waals surface area contributed by atoms with Gasteiger partial charge in [-0.05, 0) is 44.4 Å². The van der Waals surface area contributed by atoms with E-state index < -0.39 is 29.8 Å². The number of hydrogen-bond acceptors (Lipinski definition) is 5. The highest BCUT2D eigenvalue weighted by Gasteiger charge is 2.55. The molecule has 4 heterocycles. The van der Waals surface area contributed by atoms with Crippen LogP contribution < -0.4 is 5.32 Å². The third kappa shape index (κ3) is 6.70. The summed E-state index contributed by atoms with van der Waals surface area (Å²) in [6, 6.07) is 28.8. The van der Waals surface area contributed by atoms with E-state index in [0.717, 1.165) is 53.4 Å². The number of piperidine rings is 3. The molecular weight excluding hydrogens is 574 g/mol. The van der Waals surface area contributed by atoms with E-state index in [1.165, 1.54) is 5.56 Å². The zero-order valence-corrected chi connectivity index (χ0v) is 27.0. The van der Waals surface area contributed by atoms with Crippen molar-refractivity contribution in [2.75, 3.05) is 13.1 Å². The van der Waals surface area contributed by atoms with Crippen LogP contribution >= 0.6 is 0 Å². The largest absolute Gasteiger partial charge is 0.449 e. The summed E-state index contributed by atoms with van der Waals surface area (Å²) in [5.41, 5.74) is 2.94. The van der Waals surface area contributed by atoms with Crippen LogP contribution in [0.15, 0.2) is 110 Å². The van der Waals surface area contributed by atoms with E-state index in [2.05, 4.69) is 53.3 Å². The molecule has 3 aliphatic rings. The number of rotatable bonds is 9. The second kappa shape index (κ2) is 13.1. The zero-order valence-electron chi connectivity index (χ0n) is 27.0. The number of carbonyl (C=O) groups is 2. The summed E-state index contributed by atoms with van der Waals surface area (Å²) in [5.74, 6) is 0.325. The summed E-state index contributed by atoms with van der Waals surface area (Å²) in [5, 5.41) is 3.78.